The lowest BCUT2D eigenvalue weighted by molar-refractivity contribution is 0.473. The van der Waals surface area contributed by atoms with E-state index in [-0.39, 0.29) is 6.04 Å². The minimum absolute atomic E-state index is 0.204. The quantitative estimate of drug-likeness (QED) is 0.624. The van der Waals surface area contributed by atoms with E-state index in [1.165, 1.54) is 5.56 Å². The molecule has 14 heavy (non-hydrogen) atoms. The highest BCUT2D eigenvalue weighted by Gasteiger charge is 2.23. The van der Waals surface area contributed by atoms with Crippen molar-refractivity contribution in [1.82, 2.24) is 0 Å². The molecular weight excluding hydrogens is 176 g/mol. The molecule has 3 nitrogen and oxygen atoms in total. The molecule has 0 spiro atoms. The molecule has 2 unspecified atom stereocenters. The van der Waals surface area contributed by atoms with Crippen LogP contribution in [0.1, 0.15) is 24.8 Å². The summed E-state index contributed by atoms with van der Waals surface area (Å²) in [5.41, 5.74) is 8.11. The van der Waals surface area contributed by atoms with E-state index < -0.39 is 0 Å². The van der Waals surface area contributed by atoms with Gasteiger partial charge in [0.25, 0.3) is 0 Å². The first-order valence-electron chi connectivity index (χ1n) is 4.99. The van der Waals surface area contributed by atoms with Gasteiger partial charge < -0.3 is 16.2 Å². The number of hydrogen-bond donors (Lipinski definition) is 3. The molecule has 0 saturated heterocycles. The predicted molar refractivity (Wildman–Crippen MR) is 57.6 cm³/mol. The maximum atomic E-state index is 9.39. The molecule has 1 aliphatic heterocycles. The van der Waals surface area contributed by atoms with E-state index in [2.05, 4.69) is 5.32 Å². The molecule has 0 fully saturated rings. The molecule has 76 valence electrons. The van der Waals surface area contributed by atoms with Gasteiger partial charge in [-0.05, 0) is 37.1 Å². The summed E-state index contributed by atoms with van der Waals surface area (Å²) in [6, 6.07) is 5.67. The van der Waals surface area contributed by atoms with E-state index in [4.69, 9.17) is 5.73 Å². The number of nitrogens with two attached hydrogens (primary N) is 1. The van der Waals surface area contributed by atoms with E-state index in [1.807, 2.05) is 19.1 Å². The summed E-state index contributed by atoms with van der Waals surface area (Å²) in [4.78, 5) is 0. The number of benzene rings is 1. The van der Waals surface area contributed by atoms with Crippen LogP contribution in [0.5, 0.6) is 5.75 Å². The molecule has 2 rings (SSSR count). The predicted octanol–water partition coefficient (Wildman–Crippen LogP) is 1.64. The zero-order valence-corrected chi connectivity index (χ0v) is 8.33. The second-order valence-corrected chi connectivity index (χ2v) is 4.06. The summed E-state index contributed by atoms with van der Waals surface area (Å²) in [6.07, 6.45) is 0.962. The summed E-state index contributed by atoms with van der Waals surface area (Å²) in [5, 5.41) is 12.7. The van der Waals surface area contributed by atoms with Gasteiger partial charge in [0.05, 0.1) is 0 Å². The third kappa shape index (κ3) is 1.68. The minimum atomic E-state index is 0.204. The first kappa shape index (κ1) is 9.34. The van der Waals surface area contributed by atoms with Gasteiger partial charge >= 0.3 is 0 Å². The van der Waals surface area contributed by atoms with Crippen LogP contribution < -0.4 is 11.1 Å². The van der Waals surface area contributed by atoms with Crippen LogP contribution in [0, 0.1) is 0 Å². The van der Waals surface area contributed by atoms with Crippen LogP contribution in [0.3, 0.4) is 0 Å². The Morgan fingerprint density at radius 1 is 1.64 bits per heavy atom. The Labute approximate surface area is 83.9 Å². The van der Waals surface area contributed by atoms with Crippen molar-refractivity contribution in [2.24, 2.45) is 5.73 Å². The summed E-state index contributed by atoms with van der Waals surface area (Å²) >= 11 is 0. The average molecular weight is 192 g/mol. The first-order chi connectivity index (χ1) is 6.66. The first-order valence-corrected chi connectivity index (χ1v) is 4.99. The van der Waals surface area contributed by atoms with E-state index in [0.29, 0.717) is 11.7 Å². The molecule has 0 aliphatic carbocycles. The number of phenols is 1. The van der Waals surface area contributed by atoms with Gasteiger partial charge in [-0.1, -0.05) is 0 Å². The monoisotopic (exact) mass is 192 g/mol. The molecule has 0 aromatic heterocycles. The Hall–Kier alpha value is -1.22. The SMILES string of the molecule is CC(N)CC1CNc2ccc(O)cc21. The largest absolute Gasteiger partial charge is 0.508 e. The standard InChI is InChI=1S/C11H16N2O/c1-7(12)4-8-6-13-11-3-2-9(14)5-10(8)11/h2-3,5,7-8,13-14H,4,6,12H2,1H3. The molecule has 0 radical (unpaired) electrons. The van der Waals surface area contributed by atoms with E-state index in [0.717, 1.165) is 18.7 Å². The van der Waals surface area contributed by atoms with Crippen molar-refractivity contribution < 1.29 is 5.11 Å². The summed E-state index contributed by atoms with van der Waals surface area (Å²) in [5.74, 6) is 0.777. The number of phenolic OH excluding ortho intramolecular Hbond substituents is 1. The zero-order chi connectivity index (χ0) is 10.1. The molecule has 1 aliphatic rings. The molecule has 1 aromatic rings. The van der Waals surface area contributed by atoms with Gasteiger partial charge in [-0.15, -0.1) is 0 Å². The fourth-order valence-electron chi connectivity index (χ4n) is 2.05. The van der Waals surface area contributed by atoms with Crippen molar-refractivity contribution in [2.75, 3.05) is 11.9 Å². The van der Waals surface area contributed by atoms with Gasteiger partial charge in [-0.2, -0.15) is 0 Å². The molecule has 1 heterocycles. The maximum Gasteiger partial charge on any atom is 0.116 e. The van der Waals surface area contributed by atoms with Crippen LogP contribution in [0.4, 0.5) is 5.69 Å². The smallest absolute Gasteiger partial charge is 0.116 e. The summed E-state index contributed by atoms with van der Waals surface area (Å²) in [7, 11) is 0. The highest BCUT2D eigenvalue weighted by atomic mass is 16.3. The molecule has 1 aromatic carbocycles. The number of hydrogen-bond acceptors (Lipinski definition) is 3. The third-order valence-electron chi connectivity index (χ3n) is 2.67. The van der Waals surface area contributed by atoms with Gasteiger partial charge in [-0.25, -0.2) is 0 Å². The number of fused-ring (bicyclic) bond motifs is 1. The number of nitrogens with one attached hydrogen (secondary N) is 1. The van der Waals surface area contributed by atoms with E-state index >= 15 is 0 Å². The average Bonchev–Trinajstić information content (AvgIpc) is 2.47. The lowest BCUT2D eigenvalue weighted by Gasteiger charge is -2.12. The van der Waals surface area contributed by atoms with Crippen molar-refractivity contribution >= 4 is 5.69 Å². The van der Waals surface area contributed by atoms with Crippen LogP contribution >= 0.6 is 0 Å². The Bertz CT molecular complexity index is 336. The number of aromatic hydroxyl groups is 1. The number of rotatable bonds is 2. The topological polar surface area (TPSA) is 58.3 Å². The second kappa shape index (κ2) is 3.50. The van der Waals surface area contributed by atoms with Crippen LogP contribution in [0.2, 0.25) is 0 Å². The molecular formula is C11H16N2O. The second-order valence-electron chi connectivity index (χ2n) is 4.06. The van der Waals surface area contributed by atoms with Crippen LogP contribution in [-0.4, -0.2) is 17.7 Å². The Balaban J connectivity index is 2.24. The Morgan fingerprint density at radius 2 is 2.43 bits per heavy atom. The van der Waals surface area contributed by atoms with Gasteiger partial charge in [-0.3, -0.25) is 0 Å². The highest BCUT2D eigenvalue weighted by molar-refractivity contribution is 5.59. The maximum absolute atomic E-state index is 9.39. The minimum Gasteiger partial charge on any atom is -0.508 e. The Morgan fingerprint density at radius 3 is 3.14 bits per heavy atom. The summed E-state index contributed by atoms with van der Waals surface area (Å²) in [6.45, 7) is 2.95. The van der Waals surface area contributed by atoms with Crippen molar-refractivity contribution in [3.8, 4) is 5.75 Å². The number of anilines is 1. The van der Waals surface area contributed by atoms with Crippen molar-refractivity contribution in [3.63, 3.8) is 0 Å². The van der Waals surface area contributed by atoms with Crippen molar-refractivity contribution in [3.05, 3.63) is 23.8 Å². The molecule has 0 bridgehead atoms. The zero-order valence-electron chi connectivity index (χ0n) is 8.33. The lowest BCUT2D eigenvalue weighted by Crippen LogP contribution is -2.19. The van der Waals surface area contributed by atoms with Crippen LogP contribution in [0.15, 0.2) is 18.2 Å². The van der Waals surface area contributed by atoms with Gasteiger partial charge in [0.1, 0.15) is 5.75 Å². The molecule has 3 heteroatoms. The van der Waals surface area contributed by atoms with Crippen LogP contribution in [0.25, 0.3) is 0 Å². The van der Waals surface area contributed by atoms with Crippen LogP contribution in [-0.2, 0) is 0 Å². The lowest BCUT2D eigenvalue weighted by atomic mass is 9.95. The third-order valence-corrected chi connectivity index (χ3v) is 2.67. The van der Waals surface area contributed by atoms with Gasteiger partial charge in [0.2, 0.25) is 0 Å². The van der Waals surface area contributed by atoms with Crippen molar-refractivity contribution in [1.29, 1.82) is 0 Å². The molecule has 0 saturated carbocycles. The van der Waals surface area contributed by atoms with E-state index in [9.17, 15) is 5.11 Å². The summed E-state index contributed by atoms with van der Waals surface area (Å²) < 4.78 is 0. The molecule has 4 N–H and O–H groups in total. The highest BCUT2D eigenvalue weighted by Crippen LogP contribution is 2.36. The fourth-order valence-corrected chi connectivity index (χ4v) is 2.05. The Kier molecular flexibility index (Phi) is 2.33. The fraction of sp³-hybridized carbons (Fsp3) is 0.455. The van der Waals surface area contributed by atoms with E-state index in [1.54, 1.807) is 6.07 Å². The van der Waals surface area contributed by atoms with Gasteiger partial charge in [0.15, 0.2) is 0 Å². The molecule has 0 amide bonds. The van der Waals surface area contributed by atoms with Crippen molar-refractivity contribution in [2.45, 2.75) is 25.3 Å². The molecule has 2 atom stereocenters. The normalized spacial score (nSPS) is 21.4. The van der Waals surface area contributed by atoms with Gasteiger partial charge in [0, 0.05) is 24.2 Å².